The fraction of sp³-hybridized carbons (Fsp3) is 0.500. The molecule has 0 aliphatic heterocycles. The van der Waals surface area contributed by atoms with Gasteiger partial charge < -0.3 is 15.8 Å². The van der Waals surface area contributed by atoms with Crippen LogP contribution in [0.3, 0.4) is 0 Å². The maximum atomic E-state index is 13.1. The zero-order valence-electron chi connectivity index (χ0n) is 11.6. The highest BCUT2D eigenvalue weighted by Gasteiger charge is 2.33. The number of amides is 1. The normalized spacial score (nSPS) is 11.2. The number of ether oxygens (including phenoxy) is 1. The van der Waals surface area contributed by atoms with Crippen molar-refractivity contribution >= 4 is 11.6 Å². The number of benzene rings is 1. The lowest BCUT2D eigenvalue weighted by atomic mass is 9.81. The van der Waals surface area contributed by atoms with Crippen LogP contribution in [0.5, 0.6) is 5.75 Å². The molecule has 1 aromatic rings. The molecular weight excluding hydrogens is 247 g/mol. The van der Waals surface area contributed by atoms with Gasteiger partial charge in [-0.2, -0.15) is 0 Å². The number of hydrogen-bond donors (Lipinski definition) is 2. The predicted molar refractivity (Wildman–Crippen MR) is 73.7 cm³/mol. The Kier molecular flexibility index (Phi) is 5.30. The molecule has 4 nitrogen and oxygen atoms in total. The van der Waals surface area contributed by atoms with E-state index in [1.54, 1.807) is 0 Å². The average Bonchev–Trinajstić information content (AvgIpc) is 2.43. The largest absolute Gasteiger partial charge is 0.494 e. The summed E-state index contributed by atoms with van der Waals surface area (Å²) in [7, 11) is 1.43. The summed E-state index contributed by atoms with van der Waals surface area (Å²) in [6, 6.07) is 4.00. The van der Waals surface area contributed by atoms with Crippen molar-refractivity contribution in [3.8, 4) is 5.75 Å². The Morgan fingerprint density at radius 3 is 2.53 bits per heavy atom. The molecule has 0 aliphatic rings. The Bertz CT molecular complexity index is 437. The van der Waals surface area contributed by atoms with Crippen molar-refractivity contribution in [1.82, 2.24) is 0 Å². The second-order valence-corrected chi connectivity index (χ2v) is 4.49. The summed E-state index contributed by atoms with van der Waals surface area (Å²) < 4.78 is 18.1. The van der Waals surface area contributed by atoms with E-state index < -0.39 is 11.2 Å². The van der Waals surface area contributed by atoms with E-state index >= 15 is 0 Å². The van der Waals surface area contributed by atoms with E-state index in [4.69, 9.17) is 10.5 Å². The molecule has 19 heavy (non-hydrogen) atoms. The molecule has 0 aromatic heterocycles. The Hall–Kier alpha value is -1.62. The summed E-state index contributed by atoms with van der Waals surface area (Å²) in [5.41, 5.74) is 5.58. The van der Waals surface area contributed by atoms with Gasteiger partial charge in [-0.25, -0.2) is 4.39 Å². The van der Waals surface area contributed by atoms with Gasteiger partial charge in [0.2, 0.25) is 5.91 Å². The topological polar surface area (TPSA) is 64.4 Å². The molecule has 5 heteroatoms. The number of halogens is 1. The molecule has 0 saturated carbocycles. The van der Waals surface area contributed by atoms with E-state index in [0.717, 1.165) is 0 Å². The third-order valence-electron chi connectivity index (χ3n) is 3.64. The summed E-state index contributed by atoms with van der Waals surface area (Å²) in [4.78, 5) is 12.3. The highest BCUT2D eigenvalue weighted by Crippen LogP contribution is 2.30. The molecule has 3 N–H and O–H groups in total. The van der Waals surface area contributed by atoms with E-state index in [-0.39, 0.29) is 12.5 Å². The predicted octanol–water partition coefficient (Wildman–Crippen LogP) is 2.54. The van der Waals surface area contributed by atoms with Crippen LogP contribution in [0.1, 0.15) is 26.7 Å². The summed E-state index contributed by atoms with van der Waals surface area (Å²) in [5, 5.41) is 2.77. The zero-order valence-corrected chi connectivity index (χ0v) is 11.6. The van der Waals surface area contributed by atoms with E-state index in [0.29, 0.717) is 24.3 Å². The van der Waals surface area contributed by atoms with E-state index in [1.165, 1.54) is 25.3 Å². The van der Waals surface area contributed by atoms with Crippen LogP contribution in [0.25, 0.3) is 0 Å². The molecule has 1 rings (SSSR count). The van der Waals surface area contributed by atoms with Gasteiger partial charge in [0.1, 0.15) is 11.6 Å². The Morgan fingerprint density at radius 2 is 2.05 bits per heavy atom. The first-order valence-corrected chi connectivity index (χ1v) is 6.38. The number of nitrogens with two attached hydrogens (primary N) is 1. The molecule has 0 spiro atoms. The number of methoxy groups -OCH3 is 1. The van der Waals surface area contributed by atoms with Crippen LogP contribution in [0, 0.1) is 11.2 Å². The van der Waals surface area contributed by atoms with Crippen LogP contribution in [-0.2, 0) is 4.79 Å². The van der Waals surface area contributed by atoms with Gasteiger partial charge in [-0.1, -0.05) is 13.8 Å². The summed E-state index contributed by atoms with van der Waals surface area (Å²) >= 11 is 0. The van der Waals surface area contributed by atoms with Crippen molar-refractivity contribution in [1.29, 1.82) is 0 Å². The molecule has 0 atom stereocenters. The van der Waals surface area contributed by atoms with Crippen molar-refractivity contribution in [3.05, 3.63) is 24.0 Å². The average molecular weight is 268 g/mol. The van der Waals surface area contributed by atoms with Crippen molar-refractivity contribution in [2.45, 2.75) is 26.7 Å². The number of rotatable bonds is 6. The van der Waals surface area contributed by atoms with Crippen molar-refractivity contribution in [2.24, 2.45) is 11.1 Å². The highest BCUT2D eigenvalue weighted by molar-refractivity contribution is 5.96. The molecule has 0 bridgehead atoms. The summed E-state index contributed by atoms with van der Waals surface area (Å²) in [6.07, 6.45) is 1.30. The Labute approximate surface area is 113 Å². The van der Waals surface area contributed by atoms with Crippen LogP contribution in [0.4, 0.5) is 10.1 Å². The third kappa shape index (κ3) is 3.23. The van der Waals surface area contributed by atoms with Crippen molar-refractivity contribution in [2.75, 3.05) is 19.0 Å². The van der Waals surface area contributed by atoms with E-state index in [2.05, 4.69) is 5.32 Å². The van der Waals surface area contributed by atoms with Crippen LogP contribution < -0.4 is 15.8 Å². The lowest BCUT2D eigenvalue weighted by Gasteiger charge is -2.28. The summed E-state index contributed by atoms with van der Waals surface area (Å²) in [5.74, 6) is -0.276. The summed E-state index contributed by atoms with van der Waals surface area (Å²) in [6.45, 7) is 4.13. The first-order chi connectivity index (χ1) is 9.02. The smallest absolute Gasteiger partial charge is 0.231 e. The maximum absolute atomic E-state index is 13.1. The van der Waals surface area contributed by atoms with Gasteiger partial charge in [0, 0.05) is 12.6 Å². The first-order valence-electron chi connectivity index (χ1n) is 6.38. The fourth-order valence-electron chi connectivity index (χ4n) is 1.98. The van der Waals surface area contributed by atoms with Crippen LogP contribution >= 0.6 is 0 Å². The molecule has 106 valence electrons. The van der Waals surface area contributed by atoms with Crippen molar-refractivity contribution in [3.63, 3.8) is 0 Å². The molecular formula is C14H21FN2O2. The lowest BCUT2D eigenvalue weighted by Crippen LogP contribution is -2.41. The monoisotopic (exact) mass is 268 g/mol. The van der Waals surface area contributed by atoms with Gasteiger partial charge >= 0.3 is 0 Å². The molecule has 0 radical (unpaired) electrons. The third-order valence-corrected chi connectivity index (χ3v) is 3.64. The second kappa shape index (κ2) is 6.52. The minimum atomic E-state index is -0.598. The van der Waals surface area contributed by atoms with Crippen LogP contribution in [-0.4, -0.2) is 19.6 Å². The quantitative estimate of drug-likeness (QED) is 0.833. The molecule has 0 aliphatic carbocycles. The first kappa shape index (κ1) is 15.4. The van der Waals surface area contributed by atoms with Crippen LogP contribution in [0.15, 0.2) is 18.2 Å². The minimum Gasteiger partial charge on any atom is -0.494 e. The fourth-order valence-corrected chi connectivity index (χ4v) is 1.98. The zero-order chi connectivity index (χ0) is 14.5. The SMILES string of the molecule is CCC(CC)(CN)C(=O)Nc1ccc(F)cc1OC. The second-order valence-electron chi connectivity index (χ2n) is 4.49. The van der Waals surface area contributed by atoms with Gasteiger partial charge in [0.15, 0.2) is 0 Å². The molecule has 1 amide bonds. The number of carbonyl (C=O) groups is 1. The Balaban J connectivity index is 2.99. The molecule has 0 fully saturated rings. The molecule has 0 unspecified atom stereocenters. The van der Waals surface area contributed by atoms with Gasteiger partial charge in [0.05, 0.1) is 18.2 Å². The van der Waals surface area contributed by atoms with E-state index in [9.17, 15) is 9.18 Å². The minimum absolute atomic E-state index is 0.162. The van der Waals surface area contributed by atoms with Gasteiger partial charge in [-0.05, 0) is 25.0 Å². The number of nitrogens with one attached hydrogen (secondary N) is 1. The highest BCUT2D eigenvalue weighted by atomic mass is 19.1. The van der Waals surface area contributed by atoms with Crippen LogP contribution in [0.2, 0.25) is 0 Å². The maximum Gasteiger partial charge on any atom is 0.231 e. The Morgan fingerprint density at radius 1 is 1.42 bits per heavy atom. The van der Waals surface area contributed by atoms with Crippen molar-refractivity contribution < 1.29 is 13.9 Å². The molecule has 0 saturated heterocycles. The van der Waals surface area contributed by atoms with Gasteiger partial charge in [0.25, 0.3) is 0 Å². The number of anilines is 1. The number of hydrogen-bond acceptors (Lipinski definition) is 3. The standard InChI is InChI=1S/C14H21FN2O2/c1-4-14(5-2,9-16)13(18)17-11-7-6-10(15)8-12(11)19-3/h6-8H,4-5,9,16H2,1-3H3,(H,17,18). The molecule has 0 heterocycles. The molecule has 1 aromatic carbocycles. The van der Waals surface area contributed by atoms with Gasteiger partial charge in [-0.3, -0.25) is 4.79 Å². The van der Waals surface area contributed by atoms with Gasteiger partial charge in [-0.15, -0.1) is 0 Å². The number of carbonyl (C=O) groups excluding carboxylic acids is 1. The lowest BCUT2D eigenvalue weighted by molar-refractivity contribution is -0.125. The van der Waals surface area contributed by atoms with E-state index in [1.807, 2.05) is 13.8 Å².